The summed E-state index contributed by atoms with van der Waals surface area (Å²) in [6.45, 7) is 7.60. The highest BCUT2D eigenvalue weighted by Gasteiger charge is 2.25. The molecule has 0 amide bonds. The summed E-state index contributed by atoms with van der Waals surface area (Å²) in [5.41, 5.74) is 2.00. The minimum atomic E-state index is -1.26. The highest BCUT2D eigenvalue weighted by atomic mass is 32.2. The van der Waals surface area contributed by atoms with Crippen molar-refractivity contribution in [1.82, 2.24) is 9.55 Å². The highest BCUT2D eigenvalue weighted by molar-refractivity contribution is 7.94. The molecule has 0 saturated carbocycles. The van der Waals surface area contributed by atoms with Gasteiger partial charge in [0.2, 0.25) is 0 Å². The summed E-state index contributed by atoms with van der Waals surface area (Å²) in [6.07, 6.45) is 2.06. The lowest BCUT2D eigenvalue weighted by Gasteiger charge is -2.13. The predicted molar refractivity (Wildman–Crippen MR) is 136 cm³/mol. The number of aliphatic hydroxyl groups is 1. The van der Waals surface area contributed by atoms with E-state index in [1.807, 2.05) is 44.2 Å². The van der Waals surface area contributed by atoms with Gasteiger partial charge in [0.1, 0.15) is 23.1 Å². The van der Waals surface area contributed by atoms with Gasteiger partial charge in [0.15, 0.2) is 0 Å². The van der Waals surface area contributed by atoms with Gasteiger partial charge in [-0.1, -0.05) is 37.3 Å². The van der Waals surface area contributed by atoms with E-state index in [4.69, 9.17) is 4.18 Å². The summed E-state index contributed by atoms with van der Waals surface area (Å²) in [7, 11) is 0. The molecule has 4 nitrogen and oxygen atoms in total. The van der Waals surface area contributed by atoms with Crippen LogP contribution in [0.1, 0.15) is 39.0 Å². The molecule has 1 heterocycles. The van der Waals surface area contributed by atoms with Crippen LogP contribution in [0.5, 0.6) is 0 Å². The Kier molecular flexibility index (Phi) is 7.40. The van der Waals surface area contributed by atoms with Crippen LogP contribution in [0.25, 0.3) is 28.2 Å². The Hall–Kier alpha value is -3.00. The van der Waals surface area contributed by atoms with Gasteiger partial charge in [-0.3, -0.25) is 4.57 Å². The molecule has 4 rings (SSSR count). The van der Waals surface area contributed by atoms with Crippen molar-refractivity contribution in [1.29, 1.82) is 0 Å². The first-order valence-corrected chi connectivity index (χ1v) is 12.3. The Balaban J connectivity index is 1.82. The summed E-state index contributed by atoms with van der Waals surface area (Å²) in [6, 6.07) is 17.5. The van der Waals surface area contributed by atoms with Gasteiger partial charge in [-0.15, -0.1) is 0 Å². The van der Waals surface area contributed by atoms with Crippen LogP contribution >= 0.6 is 12.0 Å². The summed E-state index contributed by atoms with van der Waals surface area (Å²) < 4.78 is 37.1. The second-order valence-electron chi connectivity index (χ2n) is 8.68. The van der Waals surface area contributed by atoms with E-state index in [2.05, 4.69) is 4.98 Å². The van der Waals surface area contributed by atoms with Crippen LogP contribution < -0.4 is 0 Å². The molecular weight excluding hydrogens is 466 g/mol. The number of rotatable bonds is 8. The third-order valence-electron chi connectivity index (χ3n) is 5.69. The number of aromatic nitrogens is 2. The number of nitrogens with zero attached hydrogens (tertiary/aromatic N) is 2. The predicted octanol–water partition coefficient (Wildman–Crippen LogP) is 7.32. The maximum atomic E-state index is 15.6. The van der Waals surface area contributed by atoms with Crippen molar-refractivity contribution in [2.75, 3.05) is 6.61 Å². The highest BCUT2D eigenvalue weighted by Crippen LogP contribution is 2.33. The topological polar surface area (TPSA) is 47.3 Å². The van der Waals surface area contributed by atoms with Crippen LogP contribution in [-0.4, -0.2) is 21.3 Å². The SMILES string of the molecule is CCOSc1cccc(-c2ccc(-n3cc(C(C)(C)O)nc3-c3cccc(F)c3CC)c(F)c2)c1. The van der Waals surface area contributed by atoms with Gasteiger partial charge in [-0.25, -0.2) is 13.8 Å². The average molecular weight is 495 g/mol. The second kappa shape index (κ2) is 10.3. The molecule has 0 radical (unpaired) electrons. The number of halogens is 2. The molecule has 7 heteroatoms. The van der Waals surface area contributed by atoms with Gasteiger partial charge in [0, 0.05) is 28.7 Å². The van der Waals surface area contributed by atoms with Gasteiger partial charge >= 0.3 is 0 Å². The van der Waals surface area contributed by atoms with Crippen molar-refractivity contribution in [3.8, 4) is 28.2 Å². The zero-order valence-corrected chi connectivity index (χ0v) is 21.0. The molecule has 0 bridgehead atoms. The Morgan fingerprint density at radius 3 is 2.40 bits per heavy atom. The van der Waals surface area contributed by atoms with Crippen LogP contribution in [-0.2, 0) is 16.2 Å². The standard InChI is InChI=1S/C28H28F2N2O2S/c1-5-21-22(11-8-12-23(21)29)27-31-26(28(3,4)33)17-32(27)25-14-13-19(16-24(25)30)18-9-7-10-20(15-18)35-34-6-2/h7-17,33H,5-6H2,1-4H3. The molecule has 35 heavy (non-hydrogen) atoms. The fourth-order valence-corrected chi connectivity index (χ4v) is 4.48. The smallest absolute Gasteiger partial charge is 0.147 e. The summed E-state index contributed by atoms with van der Waals surface area (Å²) >= 11 is 1.28. The molecule has 1 aromatic heterocycles. The van der Waals surface area contributed by atoms with Crippen molar-refractivity contribution in [2.45, 2.75) is 44.6 Å². The monoisotopic (exact) mass is 494 g/mol. The summed E-state index contributed by atoms with van der Waals surface area (Å²) in [4.78, 5) is 5.53. The van der Waals surface area contributed by atoms with Gasteiger partial charge in [-0.05, 0) is 74.2 Å². The van der Waals surface area contributed by atoms with Crippen molar-refractivity contribution in [2.24, 2.45) is 0 Å². The Labute approximate surface area is 208 Å². The molecule has 0 unspecified atom stereocenters. The first-order chi connectivity index (χ1) is 16.7. The third kappa shape index (κ3) is 5.32. The van der Waals surface area contributed by atoms with E-state index in [9.17, 15) is 9.50 Å². The fourth-order valence-electron chi connectivity index (χ4n) is 3.91. The zero-order chi connectivity index (χ0) is 25.2. The molecule has 0 aliphatic rings. The normalized spacial score (nSPS) is 11.7. The molecule has 3 aromatic carbocycles. The number of hydrogen-bond acceptors (Lipinski definition) is 4. The molecule has 0 aliphatic carbocycles. The summed E-state index contributed by atoms with van der Waals surface area (Å²) in [5.74, 6) is -0.425. The van der Waals surface area contributed by atoms with E-state index in [1.165, 1.54) is 24.2 Å². The fraction of sp³-hybridized carbons (Fsp3) is 0.250. The molecule has 0 spiro atoms. The van der Waals surface area contributed by atoms with Crippen LogP contribution in [0.15, 0.2) is 71.8 Å². The number of benzene rings is 3. The Bertz CT molecular complexity index is 1350. The maximum Gasteiger partial charge on any atom is 0.147 e. The molecule has 0 atom stereocenters. The van der Waals surface area contributed by atoms with Gasteiger partial charge in [0.25, 0.3) is 0 Å². The maximum absolute atomic E-state index is 15.6. The Morgan fingerprint density at radius 2 is 1.71 bits per heavy atom. The largest absolute Gasteiger partial charge is 0.384 e. The average Bonchev–Trinajstić information content (AvgIpc) is 3.28. The van der Waals surface area contributed by atoms with E-state index < -0.39 is 11.4 Å². The van der Waals surface area contributed by atoms with E-state index in [1.54, 1.807) is 42.8 Å². The molecule has 0 fully saturated rings. The van der Waals surface area contributed by atoms with Crippen molar-refractivity contribution < 1.29 is 18.1 Å². The molecule has 0 saturated heterocycles. The number of imidazole rings is 1. The zero-order valence-electron chi connectivity index (χ0n) is 20.2. The van der Waals surface area contributed by atoms with Gasteiger partial charge in [0.05, 0.1) is 18.0 Å². The molecular formula is C28H28F2N2O2S. The van der Waals surface area contributed by atoms with Crippen LogP contribution in [0.2, 0.25) is 0 Å². The Morgan fingerprint density at radius 1 is 0.971 bits per heavy atom. The van der Waals surface area contributed by atoms with E-state index in [0.29, 0.717) is 35.7 Å². The number of hydrogen-bond donors (Lipinski definition) is 1. The summed E-state index contributed by atoms with van der Waals surface area (Å²) in [5, 5.41) is 10.6. The molecule has 4 aromatic rings. The molecule has 1 N–H and O–H groups in total. The molecule has 0 aliphatic heterocycles. The third-order valence-corrected chi connectivity index (χ3v) is 6.49. The lowest BCUT2D eigenvalue weighted by molar-refractivity contribution is 0.0743. The first kappa shape index (κ1) is 25.1. The van der Waals surface area contributed by atoms with Gasteiger partial charge in [-0.2, -0.15) is 0 Å². The molecule has 182 valence electrons. The van der Waals surface area contributed by atoms with E-state index in [0.717, 1.165) is 16.0 Å². The second-order valence-corrected chi connectivity index (χ2v) is 9.56. The lowest BCUT2D eigenvalue weighted by atomic mass is 10.0. The van der Waals surface area contributed by atoms with Crippen LogP contribution in [0.4, 0.5) is 8.78 Å². The quantitative estimate of drug-likeness (QED) is 0.261. The van der Waals surface area contributed by atoms with Crippen molar-refractivity contribution >= 4 is 12.0 Å². The van der Waals surface area contributed by atoms with Crippen LogP contribution in [0.3, 0.4) is 0 Å². The van der Waals surface area contributed by atoms with Crippen molar-refractivity contribution in [3.05, 3.63) is 89.8 Å². The van der Waals surface area contributed by atoms with E-state index in [-0.39, 0.29) is 11.5 Å². The minimum Gasteiger partial charge on any atom is -0.384 e. The minimum absolute atomic E-state index is 0.262. The van der Waals surface area contributed by atoms with Gasteiger partial charge < -0.3 is 9.29 Å². The van der Waals surface area contributed by atoms with Crippen LogP contribution in [0, 0.1) is 11.6 Å². The van der Waals surface area contributed by atoms with E-state index >= 15 is 4.39 Å². The van der Waals surface area contributed by atoms with Crippen molar-refractivity contribution in [3.63, 3.8) is 0 Å². The lowest BCUT2D eigenvalue weighted by Crippen LogP contribution is -2.15. The first-order valence-electron chi connectivity index (χ1n) is 11.5.